The van der Waals surface area contributed by atoms with Crippen molar-refractivity contribution in [2.24, 2.45) is 0 Å². The number of nitrogens with zero attached hydrogens (tertiary/aromatic N) is 3. The summed E-state index contributed by atoms with van der Waals surface area (Å²) in [6.07, 6.45) is 5.55. The third-order valence-corrected chi connectivity index (χ3v) is 2.13. The van der Waals surface area contributed by atoms with Gasteiger partial charge in [-0.05, 0) is 6.92 Å². The van der Waals surface area contributed by atoms with E-state index in [-0.39, 0.29) is 0 Å². The van der Waals surface area contributed by atoms with Gasteiger partial charge >= 0.3 is 0 Å². The van der Waals surface area contributed by atoms with Crippen LogP contribution >= 0.6 is 0 Å². The van der Waals surface area contributed by atoms with E-state index in [9.17, 15) is 0 Å². The van der Waals surface area contributed by atoms with Gasteiger partial charge in [0, 0.05) is 30.9 Å². The maximum Gasteiger partial charge on any atom is 0.150 e. The van der Waals surface area contributed by atoms with Gasteiger partial charge in [-0.3, -0.25) is 4.68 Å². The summed E-state index contributed by atoms with van der Waals surface area (Å²) in [4.78, 5) is 0. The second-order valence-corrected chi connectivity index (χ2v) is 3.29. The molecule has 80 valence electrons. The second-order valence-electron chi connectivity index (χ2n) is 3.29. The minimum absolute atomic E-state index is 0.692. The van der Waals surface area contributed by atoms with E-state index in [0.29, 0.717) is 6.54 Å². The predicted molar refractivity (Wildman–Crippen MR) is 54.9 cm³/mol. The van der Waals surface area contributed by atoms with Crippen LogP contribution in [0.15, 0.2) is 29.2 Å². The molecule has 5 heteroatoms. The van der Waals surface area contributed by atoms with Gasteiger partial charge in [0.1, 0.15) is 5.76 Å². The van der Waals surface area contributed by atoms with Crippen LogP contribution in [-0.2, 0) is 19.6 Å². The normalized spacial score (nSPS) is 10.7. The molecule has 1 N–H and O–H groups in total. The molecular weight excluding hydrogens is 192 g/mol. The minimum Gasteiger partial charge on any atom is -0.360 e. The highest BCUT2D eigenvalue weighted by Crippen LogP contribution is 1.99. The molecule has 2 heterocycles. The number of aromatic nitrogens is 3. The minimum atomic E-state index is 0.692. The zero-order chi connectivity index (χ0) is 10.5. The molecule has 0 aliphatic rings. The van der Waals surface area contributed by atoms with Gasteiger partial charge in [0.2, 0.25) is 0 Å². The van der Waals surface area contributed by atoms with Crippen LogP contribution in [0.5, 0.6) is 0 Å². The highest BCUT2D eigenvalue weighted by molar-refractivity contribution is 5.03. The summed E-state index contributed by atoms with van der Waals surface area (Å²) in [5, 5.41) is 11.1. The molecule has 2 aromatic rings. The van der Waals surface area contributed by atoms with Crippen molar-refractivity contribution in [2.45, 2.75) is 26.6 Å². The van der Waals surface area contributed by atoms with E-state index in [0.717, 1.165) is 18.8 Å². The Morgan fingerprint density at radius 3 is 3.07 bits per heavy atom. The predicted octanol–water partition coefficient (Wildman–Crippen LogP) is 1.18. The summed E-state index contributed by atoms with van der Waals surface area (Å²) in [5.41, 5.74) is 1.18. The Morgan fingerprint density at radius 2 is 2.40 bits per heavy atom. The van der Waals surface area contributed by atoms with Crippen molar-refractivity contribution in [3.05, 3.63) is 36.0 Å². The fraction of sp³-hybridized carbons (Fsp3) is 0.400. The lowest BCUT2D eigenvalue weighted by molar-refractivity contribution is 0.373. The molecule has 0 bridgehead atoms. The molecule has 0 radical (unpaired) electrons. The highest BCUT2D eigenvalue weighted by Gasteiger charge is 1.99. The Bertz CT molecular complexity index is 393. The van der Waals surface area contributed by atoms with Gasteiger partial charge in [-0.2, -0.15) is 5.10 Å². The maximum absolute atomic E-state index is 4.96. The standard InChI is InChI=1S/C10H14N4O/c1-2-14-8-9(6-12-14)5-11-7-10-3-4-13-15-10/h3-4,6,8,11H,2,5,7H2,1H3. The van der Waals surface area contributed by atoms with E-state index in [2.05, 4.69) is 22.5 Å². The average Bonchev–Trinajstić information content (AvgIpc) is 2.88. The fourth-order valence-corrected chi connectivity index (χ4v) is 1.33. The van der Waals surface area contributed by atoms with Crippen molar-refractivity contribution < 1.29 is 4.52 Å². The van der Waals surface area contributed by atoms with Gasteiger partial charge in [0.25, 0.3) is 0 Å². The second kappa shape index (κ2) is 4.75. The Morgan fingerprint density at radius 1 is 1.47 bits per heavy atom. The molecule has 0 amide bonds. The third kappa shape index (κ3) is 2.66. The van der Waals surface area contributed by atoms with Crippen molar-refractivity contribution in [3.8, 4) is 0 Å². The van der Waals surface area contributed by atoms with E-state index in [1.807, 2.05) is 23.1 Å². The summed E-state index contributed by atoms with van der Waals surface area (Å²) in [6, 6.07) is 1.85. The van der Waals surface area contributed by atoms with Gasteiger partial charge < -0.3 is 9.84 Å². The van der Waals surface area contributed by atoms with Crippen molar-refractivity contribution in [1.29, 1.82) is 0 Å². The quantitative estimate of drug-likeness (QED) is 0.798. The molecule has 0 saturated heterocycles. The van der Waals surface area contributed by atoms with Crippen LogP contribution in [0.2, 0.25) is 0 Å². The summed E-state index contributed by atoms with van der Waals surface area (Å²) in [7, 11) is 0. The molecule has 2 aromatic heterocycles. The van der Waals surface area contributed by atoms with Crippen molar-refractivity contribution >= 4 is 0 Å². The highest BCUT2D eigenvalue weighted by atomic mass is 16.5. The topological polar surface area (TPSA) is 55.9 Å². The maximum atomic E-state index is 4.96. The van der Waals surface area contributed by atoms with Crippen LogP contribution < -0.4 is 5.32 Å². The first kappa shape index (κ1) is 9.92. The molecule has 0 saturated carbocycles. The SMILES string of the molecule is CCn1cc(CNCc2ccno2)cn1. The summed E-state index contributed by atoms with van der Waals surface area (Å²) >= 11 is 0. The molecule has 0 spiro atoms. The van der Waals surface area contributed by atoms with Gasteiger partial charge in [0.15, 0.2) is 0 Å². The van der Waals surface area contributed by atoms with Crippen molar-refractivity contribution in [2.75, 3.05) is 0 Å². The van der Waals surface area contributed by atoms with E-state index in [4.69, 9.17) is 4.52 Å². The largest absolute Gasteiger partial charge is 0.360 e. The number of nitrogens with one attached hydrogen (secondary N) is 1. The Kier molecular flexibility index (Phi) is 3.14. The molecular formula is C10H14N4O. The van der Waals surface area contributed by atoms with Crippen LogP contribution in [0.1, 0.15) is 18.2 Å². The van der Waals surface area contributed by atoms with Gasteiger partial charge in [-0.1, -0.05) is 5.16 Å². The van der Waals surface area contributed by atoms with Gasteiger partial charge in [0.05, 0.1) is 18.9 Å². The van der Waals surface area contributed by atoms with E-state index >= 15 is 0 Å². The number of hydrogen-bond donors (Lipinski definition) is 1. The first-order valence-electron chi connectivity index (χ1n) is 5.00. The molecule has 15 heavy (non-hydrogen) atoms. The lowest BCUT2D eigenvalue weighted by Crippen LogP contribution is -2.11. The lowest BCUT2D eigenvalue weighted by atomic mass is 10.3. The summed E-state index contributed by atoms with van der Waals surface area (Å²) < 4.78 is 6.87. The van der Waals surface area contributed by atoms with Crippen LogP contribution in [-0.4, -0.2) is 14.9 Å². The number of hydrogen-bond acceptors (Lipinski definition) is 4. The Hall–Kier alpha value is -1.62. The van der Waals surface area contributed by atoms with E-state index in [1.165, 1.54) is 5.56 Å². The molecule has 0 unspecified atom stereocenters. The Labute approximate surface area is 88.1 Å². The third-order valence-electron chi connectivity index (χ3n) is 2.13. The van der Waals surface area contributed by atoms with Gasteiger partial charge in [-0.25, -0.2) is 0 Å². The summed E-state index contributed by atoms with van der Waals surface area (Å²) in [6.45, 7) is 4.46. The van der Waals surface area contributed by atoms with E-state index < -0.39 is 0 Å². The molecule has 2 rings (SSSR count). The zero-order valence-corrected chi connectivity index (χ0v) is 8.68. The molecule has 0 aliphatic heterocycles. The first-order chi connectivity index (χ1) is 7.38. The molecule has 5 nitrogen and oxygen atoms in total. The Balaban J connectivity index is 1.78. The first-order valence-corrected chi connectivity index (χ1v) is 5.00. The van der Waals surface area contributed by atoms with Crippen LogP contribution in [0.25, 0.3) is 0 Å². The number of aryl methyl sites for hydroxylation is 1. The fourth-order valence-electron chi connectivity index (χ4n) is 1.33. The summed E-state index contributed by atoms with van der Waals surface area (Å²) in [5.74, 6) is 0.845. The van der Waals surface area contributed by atoms with E-state index in [1.54, 1.807) is 6.20 Å². The smallest absolute Gasteiger partial charge is 0.150 e. The van der Waals surface area contributed by atoms with Crippen LogP contribution in [0.3, 0.4) is 0 Å². The monoisotopic (exact) mass is 206 g/mol. The molecule has 0 atom stereocenters. The lowest BCUT2D eigenvalue weighted by Gasteiger charge is -1.98. The zero-order valence-electron chi connectivity index (χ0n) is 8.68. The molecule has 0 fully saturated rings. The average molecular weight is 206 g/mol. The molecule has 0 aromatic carbocycles. The van der Waals surface area contributed by atoms with Crippen molar-refractivity contribution in [3.63, 3.8) is 0 Å². The van der Waals surface area contributed by atoms with Crippen molar-refractivity contribution in [1.82, 2.24) is 20.3 Å². The van der Waals surface area contributed by atoms with Crippen LogP contribution in [0, 0.1) is 0 Å². The molecule has 0 aliphatic carbocycles. The number of rotatable bonds is 5. The van der Waals surface area contributed by atoms with Gasteiger partial charge in [-0.15, -0.1) is 0 Å². The van der Waals surface area contributed by atoms with Crippen LogP contribution in [0.4, 0.5) is 0 Å².